The first-order valence-electron chi connectivity index (χ1n) is 7.85. The number of nitrogens with one attached hydrogen (secondary N) is 1. The quantitative estimate of drug-likeness (QED) is 0.768. The third kappa shape index (κ3) is 4.29. The summed E-state index contributed by atoms with van der Waals surface area (Å²) >= 11 is 1.16. The summed E-state index contributed by atoms with van der Waals surface area (Å²) in [4.78, 5) is 28.1. The number of methoxy groups -OCH3 is 2. The van der Waals surface area contributed by atoms with Crippen LogP contribution >= 0.6 is 11.8 Å². The summed E-state index contributed by atoms with van der Waals surface area (Å²) in [5.74, 6) is -0.0782. The van der Waals surface area contributed by atoms with E-state index in [-0.39, 0.29) is 11.5 Å². The number of carboxylic acids is 1. The molecule has 1 heterocycles. The van der Waals surface area contributed by atoms with Crippen molar-refractivity contribution in [3.63, 3.8) is 0 Å². The lowest BCUT2D eigenvalue weighted by atomic mass is 10.1. The maximum absolute atomic E-state index is 12.3. The van der Waals surface area contributed by atoms with Gasteiger partial charge in [-0.25, -0.2) is 9.79 Å². The predicted octanol–water partition coefficient (Wildman–Crippen LogP) is 3.29. The van der Waals surface area contributed by atoms with Crippen molar-refractivity contribution in [3.05, 3.63) is 58.5 Å². The highest BCUT2D eigenvalue weighted by molar-refractivity contribution is 8.18. The van der Waals surface area contributed by atoms with Crippen molar-refractivity contribution in [2.24, 2.45) is 4.99 Å². The zero-order valence-corrected chi connectivity index (χ0v) is 15.4. The molecule has 0 aromatic heterocycles. The molecule has 27 heavy (non-hydrogen) atoms. The summed E-state index contributed by atoms with van der Waals surface area (Å²) in [5.41, 5.74) is 1.27. The van der Waals surface area contributed by atoms with E-state index in [0.29, 0.717) is 32.8 Å². The Hall–Kier alpha value is -3.26. The molecule has 1 aliphatic heterocycles. The molecule has 1 aliphatic rings. The monoisotopic (exact) mass is 384 g/mol. The second-order valence-corrected chi connectivity index (χ2v) is 6.48. The van der Waals surface area contributed by atoms with Gasteiger partial charge in [0.1, 0.15) is 11.5 Å². The number of benzene rings is 2. The fraction of sp³-hybridized carbons (Fsp3) is 0.105. The van der Waals surface area contributed by atoms with Crippen LogP contribution in [-0.2, 0) is 4.79 Å². The highest BCUT2D eigenvalue weighted by atomic mass is 32.2. The van der Waals surface area contributed by atoms with Crippen LogP contribution in [0.1, 0.15) is 15.9 Å². The van der Waals surface area contributed by atoms with Crippen LogP contribution in [0.5, 0.6) is 11.5 Å². The molecule has 0 saturated carbocycles. The summed E-state index contributed by atoms with van der Waals surface area (Å²) in [6.45, 7) is 0. The van der Waals surface area contributed by atoms with Gasteiger partial charge in [0, 0.05) is 5.56 Å². The molecule has 8 heteroatoms. The average molecular weight is 384 g/mol. The molecular formula is C19H16N2O5S. The number of rotatable bonds is 5. The summed E-state index contributed by atoms with van der Waals surface area (Å²) in [5, 5.41) is 12.1. The summed E-state index contributed by atoms with van der Waals surface area (Å²) < 4.78 is 10.5. The van der Waals surface area contributed by atoms with Crippen molar-refractivity contribution in [1.29, 1.82) is 0 Å². The van der Waals surface area contributed by atoms with Crippen LogP contribution in [-0.4, -0.2) is 36.4 Å². The van der Waals surface area contributed by atoms with Crippen molar-refractivity contribution in [2.45, 2.75) is 0 Å². The molecule has 1 amide bonds. The Bertz CT molecular complexity index is 968. The Labute approximate surface area is 159 Å². The molecule has 0 spiro atoms. The number of nitrogens with zero attached hydrogens (tertiary/aromatic N) is 1. The van der Waals surface area contributed by atoms with Gasteiger partial charge in [0.15, 0.2) is 5.17 Å². The number of hydrogen-bond donors (Lipinski definition) is 2. The van der Waals surface area contributed by atoms with E-state index in [4.69, 9.17) is 14.6 Å². The van der Waals surface area contributed by atoms with Crippen molar-refractivity contribution >= 4 is 40.6 Å². The lowest BCUT2D eigenvalue weighted by Gasteiger charge is -2.07. The number of carbonyl (C=O) groups is 2. The van der Waals surface area contributed by atoms with E-state index in [9.17, 15) is 9.59 Å². The Balaban J connectivity index is 1.89. The van der Waals surface area contributed by atoms with Gasteiger partial charge in [0.25, 0.3) is 5.91 Å². The number of carbonyl (C=O) groups excluding carboxylic acids is 1. The van der Waals surface area contributed by atoms with Gasteiger partial charge >= 0.3 is 5.97 Å². The van der Waals surface area contributed by atoms with E-state index in [1.807, 2.05) is 0 Å². The normalized spacial score (nSPS) is 16.4. The van der Waals surface area contributed by atoms with Crippen molar-refractivity contribution in [1.82, 2.24) is 5.32 Å². The van der Waals surface area contributed by atoms with E-state index in [1.54, 1.807) is 50.6 Å². The highest BCUT2D eigenvalue weighted by Crippen LogP contribution is 2.32. The summed E-state index contributed by atoms with van der Waals surface area (Å²) in [6, 6.07) is 11.5. The van der Waals surface area contributed by atoms with Gasteiger partial charge in [-0.3, -0.25) is 4.79 Å². The number of aromatic carboxylic acids is 1. The topological polar surface area (TPSA) is 97.2 Å². The van der Waals surface area contributed by atoms with Crippen molar-refractivity contribution in [2.75, 3.05) is 14.2 Å². The van der Waals surface area contributed by atoms with E-state index < -0.39 is 5.97 Å². The second kappa shape index (κ2) is 7.96. The van der Waals surface area contributed by atoms with E-state index in [0.717, 1.165) is 11.8 Å². The van der Waals surface area contributed by atoms with Crippen LogP contribution in [0, 0.1) is 0 Å². The number of carboxylic acid groups (broad SMARTS) is 1. The molecule has 7 nitrogen and oxygen atoms in total. The van der Waals surface area contributed by atoms with Gasteiger partial charge in [-0.2, -0.15) is 0 Å². The number of amides is 1. The Morgan fingerprint density at radius 2 is 2.00 bits per heavy atom. The zero-order valence-electron chi connectivity index (χ0n) is 14.6. The SMILES string of the molecule is COc1ccc(OC)c(C=C2SC(=Nc3cccc(C(=O)O)c3)NC2=O)c1. The lowest BCUT2D eigenvalue weighted by Crippen LogP contribution is -2.19. The second-order valence-electron chi connectivity index (χ2n) is 5.45. The number of amidine groups is 1. The van der Waals surface area contributed by atoms with Crippen LogP contribution in [0.4, 0.5) is 5.69 Å². The Kier molecular flexibility index (Phi) is 5.46. The minimum atomic E-state index is -1.04. The largest absolute Gasteiger partial charge is 0.497 e. The van der Waals surface area contributed by atoms with Crippen molar-refractivity contribution in [3.8, 4) is 11.5 Å². The van der Waals surface area contributed by atoms with E-state index >= 15 is 0 Å². The van der Waals surface area contributed by atoms with E-state index in [2.05, 4.69) is 10.3 Å². The minimum absolute atomic E-state index is 0.128. The van der Waals surface area contributed by atoms with Crippen LogP contribution in [0.3, 0.4) is 0 Å². The molecule has 2 aromatic carbocycles. The number of hydrogen-bond acceptors (Lipinski definition) is 6. The van der Waals surface area contributed by atoms with Gasteiger partial charge in [0.2, 0.25) is 0 Å². The molecule has 0 unspecified atom stereocenters. The molecule has 2 N–H and O–H groups in total. The molecule has 3 rings (SSSR count). The maximum atomic E-state index is 12.3. The van der Waals surface area contributed by atoms with E-state index in [1.165, 1.54) is 12.1 Å². The third-order valence-corrected chi connectivity index (χ3v) is 4.61. The van der Waals surface area contributed by atoms with Crippen molar-refractivity contribution < 1.29 is 24.2 Å². The molecule has 0 aliphatic carbocycles. The third-order valence-electron chi connectivity index (χ3n) is 3.70. The summed E-state index contributed by atoms with van der Waals surface area (Å²) in [6.07, 6.45) is 1.69. The maximum Gasteiger partial charge on any atom is 0.335 e. The molecule has 2 aromatic rings. The minimum Gasteiger partial charge on any atom is -0.497 e. The standard InChI is InChI=1S/C19H16N2O5S/c1-25-14-6-7-15(26-2)12(9-14)10-16-17(22)21-19(27-16)20-13-5-3-4-11(8-13)18(23)24/h3-10H,1-2H3,(H,23,24)(H,20,21,22). The van der Waals surface area contributed by atoms with Gasteiger partial charge in [-0.15, -0.1) is 0 Å². The fourth-order valence-electron chi connectivity index (χ4n) is 2.40. The average Bonchev–Trinajstić information content (AvgIpc) is 3.00. The summed E-state index contributed by atoms with van der Waals surface area (Å²) in [7, 11) is 3.11. The molecule has 0 bridgehead atoms. The van der Waals surface area contributed by atoms with Crippen LogP contribution in [0.15, 0.2) is 52.4 Å². The predicted molar refractivity (Wildman–Crippen MR) is 104 cm³/mol. The van der Waals surface area contributed by atoms with Crippen LogP contribution in [0.2, 0.25) is 0 Å². The van der Waals surface area contributed by atoms with Crippen LogP contribution < -0.4 is 14.8 Å². The Morgan fingerprint density at radius 1 is 1.19 bits per heavy atom. The number of thioether (sulfide) groups is 1. The fourth-order valence-corrected chi connectivity index (χ4v) is 3.23. The number of aliphatic imine (C=N–C) groups is 1. The Morgan fingerprint density at radius 3 is 2.70 bits per heavy atom. The molecular weight excluding hydrogens is 368 g/mol. The molecule has 1 saturated heterocycles. The zero-order chi connectivity index (χ0) is 19.4. The highest BCUT2D eigenvalue weighted by Gasteiger charge is 2.24. The molecule has 0 radical (unpaired) electrons. The molecule has 1 fully saturated rings. The first-order chi connectivity index (χ1) is 13.0. The molecule has 0 atom stereocenters. The first-order valence-corrected chi connectivity index (χ1v) is 8.67. The first kappa shape index (κ1) is 18.5. The smallest absolute Gasteiger partial charge is 0.335 e. The van der Waals surface area contributed by atoms with Gasteiger partial charge < -0.3 is 19.9 Å². The van der Waals surface area contributed by atoms with Crippen LogP contribution in [0.25, 0.3) is 6.08 Å². The van der Waals surface area contributed by atoms with Gasteiger partial charge in [0.05, 0.1) is 30.4 Å². The van der Waals surface area contributed by atoms with Gasteiger partial charge in [-0.1, -0.05) is 6.07 Å². The number of ether oxygens (including phenoxy) is 2. The lowest BCUT2D eigenvalue weighted by molar-refractivity contribution is -0.115. The molecule has 138 valence electrons. The van der Waals surface area contributed by atoms with Gasteiger partial charge in [-0.05, 0) is 54.2 Å².